The molecule has 0 atom stereocenters. The number of fused-ring (bicyclic) bond motifs is 1. The third-order valence-electron chi connectivity index (χ3n) is 3.42. The Bertz CT molecular complexity index is 603. The van der Waals surface area contributed by atoms with Crippen LogP contribution in [-0.4, -0.2) is 59.5 Å². The molecule has 2 aromatic rings. The molecular formula is C15H22N4O. The maximum absolute atomic E-state index is 12.4. The first kappa shape index (κ1) is 14.5. The highest BCUT2D eigenvalue weighted by Gasteiger charge is 2.18. The molecule has 0 aliphatic heterocycles. The van der Waals surface area contributed by atoms with E-state index >= 15 is 0 Å². The number of aromatic nitrogens is 2. The van der Waals surface area contributed by atoms with Gasteiger partial charge in [0.05, 0.1) is 11.0 Å². The number of para-hydroxylation sites is 2. The van der Waals surface area contributed by atoms with Crippen LogP contribution in [0.2, 0.25) is 0 Å². The van der Waals surface area contributed by atoms with Crippen LogP contribution in [0.3, 0.4) is 0 Å². The molecule has 2 rings (SSSR count). The van der Waals surface area contributed by atoms with Crippen molar-refractivity contribution in [2.24, 2.45) is 7.05 Å². The number of imidazole rings is 1. The van der Waals surface area contributed by atoms with Gasteiger partial charge in [-0.05, 0) is 39.2 Å². The number of benzene rings is 1. The van der Waals surface area contributed by atoms with Crippen LogP contribution < -0.4 is 0 Å². The molecular weight excluding hydrogens is 252 g/mol. The maximum Gasteiger partial charge on any atom is 0.289 e. The average Bonchev–Trinajstić information content (AvgIpc) is 2.75. The molecule has 108 valence electrons. The summed E-state index contributed by atoms with van der Waals surface area (Å²) in [5.41, 5.74) is 1.84. The second kappa shape index (κ2) is 6.05. The van der Waals surface area contributed by atoms with Crippen molar-refractivity contribution >= 4 is 16.9 Å². The summed E-state index contributed by atoms with van der Waals surface area (Å²) in [5, 5.41) is 0. The van der Waals surface area contributed by atoms with Crippen molar-refractivity contribution in [3.8, 4) is 0 Å². The normalized spacial score (nSPS) is 11.2. The molecule has 0 N–H and O–H groups in total. The molecule has 5 nitrogen and oxygen atoms in total. The van der Waals surface area contributed by atoms with Gasteiger partial charge in [-0.1, -0.05) is 12.1 Å². The van der Waals surface area contributed by atoms with E-state index in [0.29, 0.717) is 5.82 Å². The van der Waals surface area contributed by atoms with Gasteiger partial charge < -0.3 is 14.4 Å². The number of hydrogen-bond donors (Lipinski definition) is 0. The summed E-state index contributed by atoms with van der Waals surface area (Å²) in [4.78, 5) is 20.7. The maximum atomic E-state index is 12.4. The van der Waals surface area contributed by atoms with Gasteiger partial charge in [0.2, 0.25) is 0 Å². The molecule has 1 amide bonds. The minimum Gasteiger partial charge on any atom is -0.339 e. The monoisotopic (exact) mass is 274 g/mol. The summed E-state index contributed by atoms with van der Waals surface area (Å²) in [6.45, 7) is 1.71. The Morgan fingerprint density at radius 2 is 1.90 bits per heavy atom. The lowest BCUT2D eigenvalue weighted by atomic mass is 10.3. The van der Waals surface area contributed by atoms with Crippen LogP contribution in [0.5, 0.6) is 0 Å². The van der Waals surface area contributed by atoms with E-state index in [1.54, 1.807) is 4.90 Å². The molecule has 0 fully saturated rings. The lowest BCUT2D eigenvalue weighted by Gasteiger charge is -2.18. The minimum atomic E-state index is -0.0255. The number of amides is 1. The minimum absolute atomic E-state index is 0.0255. The van der Waals surface area contributed by atoms with E-state index in [9.17, 15) is 4.79 Å². The van der Waals surface area contributed by atoms with Gasteiger partial charge in [-0.2, -0.15) is 0 Å². The second-order valence-corrected chi connectivity index (χ2v) is 5.37. The summed E-state index contributed by atoms with van der Waals surface area (Å²) < 4.78 is 1.86. The van der Waals surface area contributed by atoms with Gasteiger partial charge in [0.25, 0.3) is 5.91 Å². The van der Waals surface area contributed by atoms with Gasteiger partial charge in [0, 0.05) is 20.6 Å². The molecule has 1 heterocycles. The fourth-order valence-electron chi connectivity index (χ4n) is 2.23. The SMILES string of the molecule is CN(C)CCCN(C)C(=O)c1nc2ccccc2n1C. The van der Waals surface area contributed by atoms with Crippen LogP contribution in [0.4, 0.5) is 0 Å². The molecule has 20 heavy (non-hydrogen) atoms. The van der Waals surface area contributed by atoms with Gasteiger partial charge in [0.15, 0.2) is 5.82 Å². The van der Waals surface area contributed by atoms with Crippen LogP contribution in [0, 0.1) is 0 Å². The first-order valence-electron chi connectivity index (χ1n) is 6.82. The van der Waals surface area contributed by atoms with Gasteiger partial charge in [0.1, 0.15) is 0 Å². The van der Waals surface area contributed by atoms with Crippen molar-refractivity contribution in [1.29, 1.82) is 0 Å². The first-order valence-corrected chi connectivity index (χ1v) is 6.82. The van der Waals surface area contributed by atoms with E-state index in [1.165, 1.54) is 0 Å². The molecule has 0 radical (unpaired) electrons. The Balaban J connectivity index is 2.12. The van der Waals surface area contributed by atoms with E-state index in [2.05, 4.69) is 9.88 Å². The molecule has 0 aliphatic rings. The van der Waals surface area contributed by atoms with Crippen molar-refractivity contribution in [2.75, 3.05) is 34.2 Å². The average molecular weight is 274 g/mol. The van der Waals surface area contributed by atoms with Crippen molar-refractivity contribution in [3.05, 3.63) is 30.1 Å². The van der Waals surface area contributed by atoms with Crippen molar-refractivity contribution in [3.63, 3.8) is 0 Å². The van der Waals surface area contributed by atoms with Crippen molar-refractivity contribution in [2.45, 2.75) is 6.42 Å². The van der Waals surface area contributed by atoms with E-state index < -0.39 is 0 Å². The summed E-state index contributed by atoms with van der Waals surface area (Å²) >= 11 is 0. The fourth-order valence-corrected chi connectivity index (χ4v) is 2.23. The quantitative estimate of drug-likeness (QED) is 0.831. The smallest absolute Gasteiger partial charge is 0.289 e. The molecule has 0 spiro atoms. The van der Waals surface area contributed by atoms with Gasteiger partial charge in [-0.15, -0.1) is 0 Å². The third-order valence-corrected chi connectivity index (χ3v) is 3.42. The van der Waals surface area contributed by atoms with Crippen LogP contribution >= 0.6 is 0 Å². The number of carbonyl (C=O) groups excluding carboxylic acids is 1. The number of rotatable bonds is 5. The Kier molecular flexibility index (Phi) is 4.39. The van der Waals surface area contributed by atoms with E-state index in [4.69, 9.17) is 0 Å². The fraction of sp³-hybridized carbons (Fsp3) is 0.467. The summed E-state index contributed by atoms with van der Waals surface area (Å²) in [6, 6.07) is 7.80. The standard InChI is InChI=1S/C15H22N4O/c1-17(2)10-7-11-18(3)15(20)14-16-12-8-5-6-9-13(12)19(14)4/h5-6,8-9H,7,10-11H2,1-4H3. The molecule has 5 heteroatoms. The lowest BCUT2D eigenvalue weighted by Crippen LogP contribution is -2.31. The molecule has 1 aromatic carbocycles. The zero-order valence-electron chi connectivity index (χ0n) is 12.6. The zero-order chi connectivity index (χ0) is 14.7. The highest BCUT2D eigenvalue weighted by atomic mass is 16.2. The van der Waals surface area contributed by atoms with Crippen LogP contribution in [0.1, 0.15) is 17.0 Å². The van der Waals surface area contributed by atoms with Gasteiger partial charge in [-0.25, -0.2) is 4.98 Å². The lowest BCUT2D eigenvalue weighted by molar-refractivity contribution is 0.0775. The highest BCUT2D eigenvalue weighted by molar-refractivity contribution is 5.94. The molecule has 0 unspecified atom stereocenters. The Morgan fingerprint density at radius 1 is 1.20 bits per heavy atom. The molecule has 0 aliphatic carbocycles. The van der Waals surface area contributed by atoms with Crippen LogP contribution in [-0.2, 0) is 7.05 Å². The Morgan fingerprint density at radius 3 is 2.55 bits per heavy atom. The topological polar surface area (TPSA) is 41.4 Å². The summed E-state index contributed by atoms with van der Waals surface area (Å²) in [5.74, 6) is 0.473. The van der Waals surface area contributed by atoms with Gasteiger partial charge >= 0.3 is 0 Å². The number of aryl methyl sites for hydroxylation is 1. The van der Waals surface area contributed by atoms with Crippen molar-refractivity contribution < 1.29 is 4.79 Å². The molecule has 0 saturated carbocycles. The highest BCUT2D eigenvalue weighted by Crippen LogP contribution is 2.15. The largest absolute Gasteiger partial charge is 0.339 e. The molecule has 1 aromatic heterocycles. The first-order chi connectivity index (χ1) is 9.50. The van der Waals surface area contributed by atoms with Crippen molar-refractivity contribution in [1.82, 2.24) is 19.4 Å². The van der Waals surface area contributed by atoms with E-state index in [1.807, 2.05) is 57.0 Å². The number of hydrogen-bond acceptors (Lipinski definition) is 3. The predicted octanol–water partition coefficient (Wildman–Crippen LogP) is 1.60. The van der Waals surface area contributed by atoms with E-state index in [-0.39, 0.29) is 5.91 Å². The Labute approximate surface area is 119 Å². The molecule has 0 saturated heterocycles. The second-order valence-electron chi connectivity index (χ2n) is 5.37. The number of nitrogens with zero attached hydrogens (tertiary/aromatic N) is 4. The molecule has 0 bridgehead atoms. The van der Waals surface area contributed by atoms with E-state index in [0.717, 1.165) is 30.5 Å². The zero-order valence-corrected chi connectivity index (χ0v) is 12.6. The Hall–Kier alpha value is -1.88. The van der Waals surface area contributed by atoms with Gasteiger partial charge in [-0.3, -0.25) is 4.79 Å². The third kappa shape index (κ3) is 2.99. The summed E-state index contributed by atoms with van der Waals surface area (Å²) in [7, 11) is 7.79. The van der Waals surface area contributed by atoms with Crippen LogP contribution in [0.25, 0.3) is 11.0 Å². The predicted molar refractivity (Wildman–Crippen MR) is 80.8 cm³/mol. The van der Waals surface area contributed by atoms with Crippen LogP contribution in [0.15, 0.2) is 24.3 Å². The number of carbonyl (C=O) groups is 1. The summed E-state index contributed by atoms with van der Waals surface area (Å²) in [6.07, 6.45) is 0.958.